The van der Waals surface area contributed by atoms with E-state index in [2.05, 4.69) is 10.1 Å². The Morgan fingerprint density at radius 3 is 2.12 bits per heavy atom. The van der Waals surface area contributed by atoms with Crippen LogP contribution in [0.3, 0.4) is 0 Å². The van der Waals surface area contributed by atoms with E-state index < -0.39 is 17.8 Å². The van der Waals surface area contributed by atoms with E-state index >= 15 is 0 Å². The van der Waals surface area contributed by atoms with E-state index in [0.717, 1.165) is 4.90 Å². The first-order valence-corrected chi connectivity index (χ1v) is 6.99. The van der Waals surface area contributed by atoms with Crippen molar-refractivity contribution in [1.82, 2.24) is 0 Å². The van der Waals surface area contributed by atoms with Gasteiger partial charge in [-0.25, -0.2) is 4.79 Å². The highest BCUT2D eigenvalue weighted by molar-refractivity contribution is 6.44. The summed E-state index contributed by atoms with van der Waals surface area (Å²) in [5.41, 5.74) is 1.18. The molecule has 0 bridgehead atoms. The van der Waals surface area contributed by atoms with Gasteiger partial charge in [-0.1, -0.05) is 0 Å². The molecule has 0 aliphatic heterocycles. The minimum absolute atomic E-state index is 0.0646. The lowest BCUT2D eigenvalue weighted by Crippen LogP contribution is -2.37. The number of carbonyl (C=O) groups is 3. The topological polar surface area (TPSA) is 95.9 Å². The van der Waals surface area contributed by atoms with Crippen LogP contribution < -0.4 is 10.2 Å². The lowest BCUT2D eigenvalue weighted by molar-refractivity contribution is -0.134. The predicted octanol–water partition coefficient (Wildman–Crippen LogP) is 1.78. The summed E-state index contributed by atoms with van der Waals surface area (Å²) in [6.45, 7) is 0. The molecule has 7 nitrogen and oxygen atoms in total. The van der Waals surface area contributed by atoms with Gasteiger partial charge in [0, 0.05) is 18.4 Å². The summed E-state index contributed by atoms with van der Waals surface area (Å²) >= 11 is 0. The summed E-state index contributed by atoms with van der Waals surface area (Å²) in [6.07, 6.45) is 0. The van der Waals surface area contributed by atoms with Crippen LogP contribution in [-0.4, -0.2) is 37.0 Å². The van der Waals surface area contributed by atoms with E-state index in [9.17, 15) is 19.5 Å². The molecule has 0 heterocycles. The normalized spacial score (nSPS) is 9.92. The lowest BCUT2D eigenvalue weighted by atomic mass is 10.2. The number of methoxy groups -OCH3 is 1. The summed E-state index contributed by atoms with van der Waals surface area (Å²) in [5, 5.41) is 11.7. The Hall–Kier alpha value is -3.35. The molecule has 0 aromatic heterocycles. The maximum Gasteiger partial charge on any atom is 0.337 e. The summed E-state index contributed by atoms with van der Waals surface area (Å²) in [4.78, 5) is 36.7. The number of nitrogens with zero attached hydrogens (tertiary/aromatic N) is 1. The van der Waals surface area contributed by atoms with E-state index in [1.807, 2.05) is 0 Å². The number of ether oxygens (including phenoxy) is 1. The molecule has 2 aromatic rings. The minimum atomic E-state index is -0.823. The number of hydrogen-bond donors (Lipinski definition) is 2. The van der Waals surface area contributed by atoms with E-state index in [4.69, 9.17) is 0 Å². The van der Waals surface area contributed by atoms with Crippen LogP contribution in [0, 0.1) is 0 Å². The Balaban J connectivity index is 2.04. The number of nitrogens with one attached hydrogen (secondary N) is 1. The molecule has 0 spiro atoms. The van der Waals surface area contributed by atoms with Gasteiger partial charge in [0.2, 0.25) is 0 Å². The van der Waals surface area contributed by atoms with Crippen molar-refractivity contribution in [2.24, 2.45) is 0 Å². The van der Waals surface area contributed by atoms with Crippen LogP contribution in [0.4, 0.5) is 11.4 Å². The number of likely N-dealkylation sites (N-methyl/N-ethyl adjacent to an activating group) is 1. The third-order valence-corrected chi connectivity index (χ3v) is 3.30. The van der Waals surface area contributed by atoms with Gasteiger partial charge < -0.3 is 20.1 Å². The second kappa shape index (κ2) is 7.28. The fourth-order valence-electron chi connectivity index (χ4n) is 1.94. The molecule has 0 radical (unpaired) electrons. The molecular weight excluding hydrogens is 312 g/mol. The highest BCUT2D eigenvalue weighted by atomic mass is 16.5. The summed E-state index contributed by atoms with van der Waals surface area (Å²) in [7, 11) is 2.73. The van der Waals surface area contributed by atoms with Crippen molar-refractivity contribution in [2.45, 2.75) is 0 Å². The van der Waals surface area contributed by atoms with E-state index in [-0.39, 0.29) is 5.75 Å². The number of rotatable bonds is 3. The summed E-state index contributed by atoms with van der Waals surface area (Å²) in [5.74, 6) is -2.01. The maximum atomic E-state index is 12.1. The third-order valence-electron chi connectivity index (χ3n) is 3.30. The Kier molecular flexibility index (Phi) is 5.16. The molecule has 24 heavy (non-hydrogen) atoms. The Bertz CT molecular complexity index is 754. The van der Waals surface area contributed by atoms with Gasteiger partial charge in [-0.05, 0) is 48.5 Å². The number of anilines is 2. The van der Waals surface area contributed by atoms with Crippen molar-refractivity contribution >= 4 is 29.2 Å². The average molecular weight is 328 g/mol. The molecule has 0 aliphatic carbocycles. The molecule has 7 heteroatoms. The molecule has 2 N–H and O–H groups in total. The number of aromatic hydroxyl groups is 1. The summed E-state index contributed by atoms with van der Waals surface area (Å²) < 4.78 is 4.58. The van der Waals surface area contributed by atoms with Gasteiger partial charge in [0.1, 0.15) is 5.75 Å². The van der Waals surface area contributed by atoms with E-state index in [1.165, 1.54) is 62.7 Å². The highest BCUT2D eigenvalue weighted by Crippen LogP contribution is 2.18. The van der Waals surface area contributed by atoms with Crippen molar-refractivity contribution in [2.75, 3.05) is 24.4 Å². The van der Waals surface area contributed by atoms with Gasteiger partial charge >= 0.3 is 17.8 Å². The van der Waals surface area contributed by atoms with Crippen LogP contribution in [0.5, 0.6) is 5.75 Å². The summed E-state index contributed by atoms with van der Waals surface area (Å²) in [6, 6.07) is 11.8. The number of esters is 1. The number of phenolic OH excluding ortho intramolecular Hbond substituents is 1. The lowest BCUT2D eigenvalue weighted by Gasteiger charge is -2.16. The molecule has 0 saturated carbocycles. The molecule has 2 aromatic carbocycles. The monoisotopic (exact) mass is 328 g/mol. The SMILES string of the molecule is COC(=O)c1ccc(NC(=O)C(=O)N(C)c2ccc(O)cc2)cc1. The van der Waals surface area contributed by atoms with Crippen molar-refractivity contribution in [1.29, 1.82) is 0 Å². The molecule has 2 rings (SSSR count). The van der Waals surface area contributed by atoms with Crippen LogP contribution >= 0.6 is 0 Å². The van der Waals surface area contributed by atoms with Crippen LogP contribution in [-0.2, 0) is 14.3 Å². The van der Waals surface area contributed by atoms with Crippen molar-refractivity contribution < 1.29 is 24.2 Å². The zero-order chi connectivity index (χ0) is 17.7. The van der Waals surface area contributed by atoms with Gasteiger partial charge in [-0.15, -0.1) is 0 Å². The molecule has 0 aliphatic rings. The van der Waals surface area contributed by atoms with Gasteiger partial charge in [0.15, 0.2) is 0 Å². The molecule has 2 amide bonds. The van der Waals surface area contributed by atoms with E-state index in [1.54, 1.807) is 0 Å². The van der Waals surface area contributed by atoms with Crippen molar-refractivity contribution in [3.05, 3.63) is 54.1 Å². The molecule has 0 unspecified atom stereocenters. The van der Waals surface area contributed by atoms with Gasteiger partial charge in [0.25, 0.3) is 0 Å². The number of carbonyl (C=O) groups excluding carboxylic acids is 3. The Morgan fingerprint density at radius 1 is 1.00 bits per heavy atom. The highest BCUT2D eigenvalue weighted by Gasteiger charge is 2.20. The third kappa shape index (κ3) is 3.89. The van der Waals surface area contributed by atoms with Crippen LogP contribution in [0.1, 0.15) is 10.4 Å². The van der Waals surface area contributed by atoms with Crippen LogP contribution in [0.15, 0.2) is 48.5 Å². The first-order chi connectivity index (χ1) is 11.4. The zero-order valence-corrected chi connectivity index (χ0v) is 13.1. The standard InChI is InChI=1S/C17H16N2O5/c1-19(13-7-9-14(20)10-8-13)16(22)15(21)18-12-5-3-11(4-6-12)17(23)24-2/h3-10,20H,1-2H3,(H,18,21). The maximum absolute atomic E-state index is 12.1. The molecule has 0 atom stereocenters. The van der Waals surface area contributed by atoms with Crippen molar-refractivity contribution in [3.63, 3.8) is 0 Å². The molecule has 124 valence electrons. The fraction of sp³-hybridized carbons (Fsp3) is 0.118. The average Bonchev–Trinajstić information content (AvgIpc) is 2.61. The minimum Gasteiger partial charge on any atom is -0.508 e. The molecule has 0 fully saturated rings. The number of hydrogen-bond acceptors (Lipinski definition) is 5. The predicted molar refractivity (Wildman–Crippen MR) is 87.9 cm³/mol. The largest absolute Gasteiger partial charge is 0.508 e. The van der Waals surface area contributed by atoms with Gasteiger partial charge in [-0.3, -0.25) is 9.59 Å². The first-order valence-electron chi connectivity index (χ1n) is 6.99. The second-order valence-corrected chi connectivity index (χ2v) is 4.90. The Labute approximate surface area is 138 Å². The van der Waals surface area contributed by atoms with E-state index in [0.29, 0.717) is 16.9 Å². The zero-order valence-electron chi connectivity index (χ0n) is 13.1. The second-order valence-electron chi connectivity index (χ2n) is 4.90. The Morgan fingerprint density at radius 2 is 1.58 bits per heavy atom. The number of phenols is 1. The number of amides is 2. The van der Waals surface area contributed by atoms with Gasteiger partial charge in [0.05, 0.1) is 12.7 Å². The smallest absolute Gasteiger partial charge is 0.337 e. The number of benzene rings is 2. The molecule has 0 saturated heterocycles. The van der Waals surface area contributed by atoms with Crippen molar-refractivity contribution in [3.8, 4) is 5.75 Å². The molecular formula is C17H16N2O5. The quantitative estimate of drug-likeness (QED) is 0.661. The first kappa shape index (κ1) is 17.0. The van der Waals surface area contributed by atoms with Crippen LogP contribution in [0.25, 0.3) is 0 Å². The van der Waals surface area contributed by atoms with Crippen LogP contribution in [0.2, 0.25) is 0 Å². The fourth-order valence-corrected chi connectivity index (χ4v) is 1.94. The van der Waals surface area contributed by atoms with Gasteiger partial charge in [-0.2, -0.15) is 0 Å².